The lowest BCUT2D eigenvalue weighted by Gasteiger charge is -2.36. The maximum atomic E-state index is 13.5. The van der Waals surface area contributed by atoms with Crippen LogP contribution in [0.2, 0.25) is 0 Å². The van der Waals surface area contributed by atoms with E-state index in [1.165, 1.54) is 89.9 Å². The molecule has 178 valence electrons. The smallest absolute Gasteiger partial charge is 0.171 e. The lowest BCUT2D eigenvalue weighted by atomic mass is 9.70. The summed E-state index contributed by atoms with van der Waals surface area (Å²) in [6.45, 7) is 2.21. The fourth-order valence-corrected chi connectivity index (χ4v) is 6.20. The van der Waals surface area contributed by atoms with Gasteiger partial charge in [0.1, 0.15) is 0 Å². The molecule has 0 aromatic rings. The topological polar surface area (TPSA) is 0 Å². The molecule has 1 atom stereocenters. The van der Waals surface area contributed by atoms with Crippen molar-refractivity contribution in [2.45, 2.75) is 148 Å². The molecule has 2 aliphatic carbocycles. The number of hydrogen-bond acceptors (Lipinski definition) is 0. The minimum absolute atomic E-state index is 0.354. The summed E-state index contributed by atoms with van der Waals surface area (Å²) in [7, 11) is 0. The monoisotopic (exact) mass is 430 g/mol. The van der Waals surface area contributed by atoms with E-state index in [0.717, 1.165) is 43.9 Å². The number of rotatable bonds is 14. The minimum Gasteiger partial charge on any atom is -0.171 e. The van der Waals surface area contributed by atoms with E-state index in [1.807, 2.05) is 0 Å². The van der Waals surface area contributed by atoms with E-state index < -0.39 is 12.1 Å². The van der Waals surface area contributed by atoms with Crippen LogP contribution in [0.3, 0.4) is 0 Å². The van der Waals surface area contributed by atoms with Crippen molar-refractivity contribution in [2.75, 3.05) is 0 Å². The molecule has 2 fully saturated rings. The molecular formula is C27H49F3. The van der Waals surface area contributed by atoms with Crippen molar-refractivity contribution in [1.82, 2.24) is 0 Å². The lowest BCUT2D eigenvalue weighted by Crippen LogP contribution is -2.25. The van der Waals surface area contributed by atoms with Gasteiger partial charge in [-0.15, -0.1) is 0 Å². The van der Waals surface area contributed by atoms with Crippen LogP contribution in [0.25, 0.3) is 0 Å². The molecule has 3 heteroatoms. The van der Waals surface area contributed by atoms with E-state index in [4.69, 9.17) is 0 Å². The highest BCUT2D eigenvalue weighted by molar-refractivity contribution is 4.80. The molecule has 2 aliphatic rings. The van der Waals surface area contributed by atoms with Crippen LogP contribution >= 0.6 is 0 Å². The summed E-state index contributed by atoms with van der Waals surface area (Å²) in [6.07, 6.45) is 20.0. The van der Waals surface area contributed by atoms with Gasteiger partial charge in [-0.05, 0) is 43.4 Å². The van der Waals surface area contributed by atoms with E-state index in [0.29, 0.717) is 18.8 Å². The zero-order valence-electron chi connectivity index (χ0n) is 19.8. The third-order valence-electron chi connectivity index (χ3n) is 8.24. The second-order valence-corrected chi connectivity index (χ2v) is 10.6. The van der Waals surface area contributed by atoms with Crippen LogP contribution in [-0.4, -0.2) is 6.18 Å². The molecule has 0 aromatic carbocycles. The fourth-order valence-electron chi connectivity index (χ4n) is 6.20. The van der Waals surface area contributed by atoms with Crippen molar-refractivity contribution in [2.24, 2.45) is 23.7 Å². The molecule has 0 aliphatic heterocycles. The Balaban J connectivity index is 1.56. The van der Waals surface area contributed by atoms with Crippen molar-refractivity contribution < 1.29 is 13.2 Å². The second kappa shape index (κ2) is 14.8. The predicted octanol–water partition coefficient (Wildman–Crippen LogP) is 10.3. The van der Waals surface area contributed by atoms with Crippen LogP contribution in [0.4, 0.5) is 13.2 Å². The summed E-state index contributed by atoms with van der Waals surface area (Å²) in [5.74, 6) is 1.52. The average Bonchev–Trinajstić information content (AvgIpc) is 2.74. The molecule has 0 heterocycles. The Kier molecular flexibility index (Phi) is 12.8. The fraction of sp³-hybridized carbons (Fsp3) is 1.00. The third kappa shape index (κ3) is 10.4. The van der Waals surface area contributed by atoms with E-state index in [2.05, 4.69) is 6.92 Å². The largest absolute Gasteiger partial charge is 0.391 e. The van der Waals surface area contributed by atoms with Crippen molar-refractivity contribution in [3.05, 3.63) is 0 Å². The van der Waals surface area contributed by atoms with Crippen LogP contribution in [0.15, 0.2) is 0 Å². The van der Waals surface area contributed by atoms with Crippen molar-refractivity contribution >= 4 is 0 Å². The number of unbranched alkanes of at least 4 members (excludes halogenated alkanes) is 7. The first-order valence-corrected chi connectivity index (χ1v) is 13.6. The zero-order chi connectivity index (χ0) is 21.7. The molecule has 0 bridgehead atoms. The van der Waals surface area contributed by atoms with Crippen LogP contribution in [0, 0.1) is 23.7 Å². The van der Waals surface area contributed by atoms with Gasteiger partial charge in [-0.2, -0.15) is 13.2 Å². The maximum absolute atomic E-state index is 13.5. The second-order valence-electron chi connectivity index (χ2n) is 10.6. The molecular weight excluding hydrogens is 381 g/mol. The molecule has 0 radical (unpaired) electrons. The van der Waals surface area contributed by atoms with Gasteiger partial charge in [0.2, 0.25) is 0 Å². The Morgan fingerprint density at radius 3 is 1.77 bits per heavy atom. The van der Waals surface area contributed by atoms with E-state index >= 15 is 0 Å². The summed E-state index contributed by atoms with van der Waals surface area (Å²) in [4.78, 5) is 0. The quantitative estimate of drug-likeness (QED) is 0.240. The molecule has 0 nitrogen and oxygen atoms in total. The molecule has 2 rings (SSSR count). The summed E-state index contributed by atoms with van der Waals surface area (Å²) < 4.78 is 40.4. The third-order valence-corrected chi connectivity index (χ3v) is 8.24. The van der Waals surface area contributed by atoms with Gasteiger partial charge in [0.15, 0.2) is 0 Å². The number of halogens is 3. The van der Waals surface area contributed by atoms with Gasteiger partial charge in [0.05, 0.1) is 5.92 Å². The normalized spacial score (nSPS) is 24.8. The van der Waals surface area contributed by atoms with Gasteiger partial charge in [0.25, 0.3) is 0 Å². The van der Waals surface area contributed by atoms with Gasteiger partial charge in [0, 0.05) is 0 Å². The number of hydrogen-bond donors (Lipinski definition) is 0. The molecule has 1 unspecified atom stereocenters. The summed E-state index contributed by atoms with van der Waals surface area (Å²) in [6, 6.07) is 0. The highest BCUT2D eigenvalue weighted by Crippen LogP contribution is 2.42. The van der Waals surface area contributed by atoms with Crippen LogP contribution in [0.5, 0.6) is 0 Å². The first kappa shape index (κ1) is 26.0. The predicted molar refractivity (Wildman–Crippen MR) is 123 cm³/mol. The van der Waals surface area contributed by atoms with Gasteiger partial charge < -0.3 is 0 Å². The van der Waals surface area contributed by atoms with Crippen molar-refractivity contribution in [3.8, 4) is 0 Å². The Bertz CT molecular complexity index is 403. The lowest BCUT2D eigenvalue weighted by molar-refractivity contribution is -0.178. The molecule has 0 N–H and O–H groups in total. The molecule has 30 heavy (non-hydrogen) atoms. The summed E-state index contributed by atoms with van der Waals surface area (Å²) >= 11 is 0. The molecule has 0 saturated heterocycles. The summed E-state index contributed by atoms with van der Waals surface area (Å²) in [5.41, 5.74) is 0. The molecule has 0 aromatic heterocycles. The van der Waals surface area contributed by atoms with Crippen molar-refractivity contribution in [3.63, 3.8) is 0 Å². The maximum Gasteiger partial charge on any atom is 0.391 e. The van der Waals surface area contributed by atoms with E-state index in [1.54, 1.807) is 0 Å². The first-order valence-electron chi connectivity index (χ1n) is 13.6. The van der Waals surface area contributed by atoms with Crippen LogP contribution in [0.1, 0.15) is 142 Å². The Hall–Kier alpha value is -0.210. The number of alkyl halides is 3. The highest BCUT2D eigenvalue weighted by atomic mass is 19.4. The Morgan fingerprint density at radius 2 is 1.17 bits per heavy atom. The van der Waals surface area contributed by atoms with Crippen molar-refractivity contribution in [1.29, 1.82) is 0 Å². The molecule has 0 spiro atoms. The van der Waals surface area contributed by atoms with Gasteiger partial charge >= 0.3 is 6.18 Å². The summed E-state index contributed by atoms with van der Waals surface area (Å²) in [5, 5.41) is 0. The molecule has 0 amide bonds. The minimum atomic E-state index is -4.00. The SMILES string of the molecule is CCCCCCCCCCC(CCCC1CCC(C2CCCCC2)CC1)C(F)(F)F. The Labute approximate surface area is 185 Å². The Morgan fingerprint density at radius 1 is 0.633 bits per heavy atom. The van der Waals surface area contributed by atoms with Gasteiger partial charge in [-0.3, -0.25) is 0 Å². The average molecular weight is 431 g/mol. The van der Waals surface area contributed by atoms with Gasteiger partial charge in [-0.1, -0.05) is 116 Å². The first-order chi connectivity index (χ1) is 14.5. The highest BCUT2D eigenvalue weighted by Gasteiger charge is 2.38. The van der Waals surface area contributed by atoms with E-state index in [-0.39, 0.29) is 0 Å². The standard InChI is InChI=1S/C27H49F3/c1-2-3-4-5-6-7-8-12-17-26(27(28,29)30)18-13-14-23-19-21-25(22-20-23)24-15-10-9-11-16-24/h23-26H,2-22H2,1H3. The van der Waals surface area contributed by atoms with E-state index in [9.17, 15) is 13.2 Å². The molecule has 2 saturated carbocycles. The van der Waals surface area contributed by atoms with Crippen LogP contribution < -0.4 is 0 Å². The van der Waals surface area contributed by atoms with Gasteiger partial charge in [-0.25, -0.2) is 0 Å². The zero-order valence-corrected chi connectivity index (χ0v) is 19.8. The van der Waals surface area contributed by atoms with Crippen LogP contribution in [-0.2, 0) is 0 Å².